The van der Waals surface area contributed by atoms with Gasteiger partial charge in [0.1, 0.15) is 0 Å². The molecule has 0 atom stereocenters. The Morgan fingerprint density at radius 3 is 2.52 bits per heavy atom. The van der Waals surface area contributed by atoms with Crippen molar-refractivity contribution in [3.8, 4) is 5.69 Å². The number of nitrogens with two attached hydrogens (primary N) is 1. The maximum atomic E-state index is 11.4. The molecule has 0 aliphatic heterocycles. The molecule has 8 heteroatoms. The second-order valence-electron chi connectivity index (χ2n) is 7.22. The molecule has 0 unspecified atom stereocenters. The molecule has 0 bridgehead atoms. The molecule has 0 aliphatic carbocycles. The molecule has 3 heterocycles. The van der Waals surface area contributed by atoms with Gasteiger partial charge in [0.15, 0.2) is 0 Å². The summed E-state index contributed by atoms with van der Waals surface area (Å²) >= 11 is 6.27. The van der Waals surface area contributed by atoms with Crippen molar-refractivity contribution < 1.29 is 4.79 Å². The highest BCUT2D eigenvalue weighted by molar-refractivity contribution is 6.31. The molecule has 1 amide bonds. The number of halogens is 1. The van der Waals surface area contributed by atoms with Crippen molar-refractivity contribution in [2.75, 3.05) is 5.32 Å². The zero-order chi connectivity index (χ0) is 20.6. The Kier molecular flexibility index (Phi) is 4.68. The number of amides is 1. The van der Waals surface area contributed by atoms with Gasteiger partial charge in [0.25, 0.3) is 0 Å². The molecule has 0 saturated carbocycles. The van der Waals surface area contributed by atoms with Crippen molar-refractivity contribution in [1.29, 1.82) is 0 Å². The van der Waals surface area contributed by atoms with E-state index in [0.29, 0.717) is 16.5 Å². The fourth-order valence-corrected chi connectivity index (χ4v) is 3.50. The van der Waals surface area contributed by atoms with Crippen LogP contribution in [-0.2, 0) is 5.54 Å². The Morgan fingerprint density at radius 2 is 1.83 bits per heavy atom. The van der Waals surface area contributed by atoms with Crippen molar-refractivity contribution in [3.05, 3.63) is 77.6 Å². The molecule has 0 aliphatic rings. The van der Waals surface area contributed by atoms with E-state index in [9.17, 15) is 4.79 Å². The van der Waals surface area contributed by atoms with Gasteiger partial charge in [-0.3, -0.25) is 9.78 Å². The molecule has 7 nitrogen and oxygen atoms in total. The zero-order valence-corrected chi connectivity index (χ0v) is 16.7. The third kappa shape index (κ3) is 3.77. The minimum Gasteiger partial charge on any atom is -0.366 e. The fraction of sp³-hybridized carbons (Fsp3) is 0.143. The first-order valence-electron chi connectivity index (χ1n) is 8.97. The molecule has 0 fully saturated rings. The SMILES string of the molecule is CC(C)(Nc1ncc(-n2cc3ccc(C(N)=O)cc3c2)cn1)c1ncccc1Cl. The lowest BCUT2D eigenvalue weighted by Gasteiger charge is -2.26. The van der Waals surface area contributed by atoms with Gasteiger partial charge in [0, 0.05) is 29.5 Å². The Bertz CT molecular complexity index is 1200. The highest BCUT2D eigenvalue weighted by Gasteiger charge is 2.25. The summed E-state index contributed by atoms with van der Waals surface area (Å²) in [6.45, 7) is 3.93. The first-order valence-corrected chi connectivity index (χ1v) is 9.34. The number of carbonyl (C=O) groups excluding carboxylic acids is 1. The number of anilines is 1. The summed E-state index contributed by atoms with van der Waals surface area (Å²) in [5.74, 6) is 0.0160. The summed E-state index contributed by atoms with van der Waals surface area (Å²) in [4.78, 5) is 24.6. The van der Waals surface area contributed by atoms with Crippen LogP contribution in [0.3, 0.4) is 0 Å². The van der Waals surface area contributed by atoms with Crippen LogP contribution < -0.4 is 11.1 Å². The number of nitrogens with one attached hydrogen (secondary N) is 1. The normalized spacial score (nSPS) is 11.6. The Balaban J connectivity index is 1.59. The first kappa shape index (κ1) is 18.9. The van der Waals surface area contributed by atoms with Crippen molar-refractivity contribution >= 4 is 34.2 Å². The number of primary amides is 1. The monoisotopic (exact) mass is 406 g/mol. The largest absolute Gasteiger partial charge is 0.366 e. The number of carbonyl (C=O) groups is 1. The second-order valence-corrected chi connectivity index (χ2v) is 7.63. The molecule has 0 saturated heterocycles. The number of nitrogens with zero attached hydrogens (tertiary/aromatic N) is 4. The summed E-state index contributed by atoms with van der Waals surface area (Å²) in [6.07, 6.45) is 9.00. The van der Waals surface area contributed by atoms with Gasteiger partial charge in [-0.05, 0) is 43.5 Å². The number of pyridine rings is 1. The molecule has 4 rings (SSSR count). The van der Waals surface area contributed by atoms with Gasteiger partial charge in [-0.25, -0.2) is 9.97 Å². The maximum Gasteiger partial charge on any atom is 0.248 e. The number of aromatic nitrogens is 4. The van der Waals surface area contributed by atoms with Gasteiger partial charge in [0.05, 0.1) is 34.3 Å². The highest BCUT2D eigenvalue weighted by Crippen LogP contribution is 2.28. The molecule has 3 aromatic heterocycles. The summed E-state index contributed by atoms with van der Waals surface area (Å²) in [6, 6.07) is 8.94. The van der Waals surface area contributed by atoms with Crippen LogP contribution in [0.25, 0.3) is 16.5 Å². The zero-order valence-electron chi connectivity index (χ0n) is 15.9. The predicted octanol–water partition coefficient (Wildman–Crippen LogP) is 3.92. The van der Waals surface area contributed by atoms with E-state index in [-0.39, 0.29) is 0 Å². The third-order valence-electron chi connectivity index (χ3n) is 4.64. The second kappa shape index (κ2) is 7.18. The van der Waals surface area contributed by atoms with Crippen molar-refractivity contribution in [2.24, 2.45) is 5.73 Å². The molecular formula is C21H19ClN6O. The van der Waals surface area contributed by atoms with E-state index in [2.05, 4.69) is 20.3 Å². The van der Waals surface area contributed by atoms with Gasteiger partial charge in [-0.15, -0.1) is 0 Å². The lowest BCUT2D eigenvalue weighted by molar-refractivity contribution is 0.100. The van der Waals surface area contributed by atoms with Crippen molar-refractivity contribution in [3.63, 3.8) is 0 Å². The lowest BCUT2D eigenvalue weighted by Crippen LogP contribution is -2.30. The Morgan fingerprint density at radius 1 is 1.10 bits per heavy atom. The number of fused-ring (bicyclic) bond motifs is 1. The van der Waals surface area contributed by atoms with Crippen LogP contribution in [0, 0.1) is 0 Å². The molecule has 4 aromatic rings. The standard InChI is InChI=1S/C21H19ClN6O/c1-21(2,18-17(22)4-3-7-24-18)27-20-25-9-16(10-26-20)28-11-14-6-5-13(19(23)29)8-15(14)12-28/h3-12H,1-2H3,(H2,23,29)(H,25,26,27). The van der Waals surface area contributed by atoms with Crippen LogP contribution in [0.5, 0.6) is 0 Å². The number of hydrogen-bond acceptors (Lipinski definition) is 5. The minimum atomic E-state index is -0.548. The molecule has 3 N–H and O–H groups in total. The van der Waals surface area contributed by atoms with Crippen LogP contribution >= 0.6 is 11.6 Å². The first-order chi connectivity index (χ1) is 13.8. The Labute approximate surface area is 172 Å². The average Bonchev–Trinajstić information content (AvgIpc) is 3.11. The van der Waals surface area contributed by atoms with Gasteiger partial charge < -0.3 is 15.6 Å². The van der Waals surface area contributed by atoms with E-state index in [1.165, 1.54) is 0 Å². The molecule has 146 valence electrons. The lowest BCUT2D eigenvalue weighted by atomic mass is 10.00. The van der Waals surface area contributed by atoms with Crippen molar-refractivity contribution in [2.45, 2.75) is 19.4 Å². The summed E-state index contributed by atoms with van der Waals surface area (Å²) in [5, 5.41) is 5.75. The predicted molar refractivity (Wildman–Crippen MR) is 113 cm³/mol. The minimum absolute atomic E-state index is 0.450. The Hall–Kier alpha value is -3.45. The molecule has 29 heavy (non-hydrogen) atoms. The van der Waals surface area contributed by atoms with Gasteiger partial charge in [0.2, 0.25) is 11.9 Å². The molecule has 0 radical (unpaired) electrons. The van der Waals surface area contributed by atoms with E-state index >= 15 is 0 Å². The summed E-state index contributed by atoms with van der Waals surface area (Å²) in [7, 11) is 0. The van der Waals surface area contributed by atoms with Crippen LogP contribution in [0.15, 0.2) is 61.3 Å². The van der Waals surface area contributed by atoms with E-state index in [1.54, 1.807) is 42.9 Å². The average molecular weight is 407 g/mol. The van der Waals surface area contributed by atoms with Gasteiger partial charge >= 0.3 is 0 Å². The quantitative estimate of drug-likeness (QED) is 0.523. The topological polar surface area (TPSA) is 98.7 Å². The molecule has 0 spiro atoms. The third-order valence-corrected chi connectivity index (χ3v) is 4.94. The summed E-state index contributed by atoms with van der Waals surface area (Å²) in [5.41, 5.74) is 6.79. The number of benzene rings is 1. The van der Waals surface area contributed by atoms with E-state index in [0.717, 1.165) is 22.2 Å². The van der Waals surface area contributed by atoms with Gasteiger partial charge in [-0.2, -0.15) is 0 Å². The summed E-state index contributed by atoms with van der Waals surface area (Å²) < 4.78 is 1.90. The van der Waals surface area contributed by atoms with E-state index < -0.39 is 11.4 Å². The van der Waals surface area contributed by atoms with Crippen LogP contribution in [0.2, 0.25) is 5.02 Å². The van der Waals surface area contributed by atoms with Gasteiger partial charge in [-0.1, -0.05) is 17.7 Å². The van der Waals surface area contributed by atoms with E-state index in [4.69, 9.17) is 17.3 Å². The fourth-order valence-electron chi connectivity index (χ4n) is 3.15. The van der Waals surface area contributed by atoms with Crippen LogP contribution in [0.4, 0.5) is 5.95 Å². The van der Waals surface area contributed by atoms with Crippen LogP contribution in [0.1, 0.15) is 29.9 Å². The maximum absolute atomic E-state index is 11.4. The number of hydrogen-bond donors (Lipinski definition) is 2. The highest BCUT2D eigenvalue weighted by atomic mass is 35.5. The van der Waals surface area contributed by atoms with Crippen molar-refractivity contribution in [1.82, 2.24) is 19.5 Å². The van der Waals surface area contributed by atoms with E-state index in [1.807, 2.05) is 36.9 Å². The number of rotatable bonds is 5. The smallest absolute Gasteiger partial charge is 0.248 e. The molecule has 1 aromatic carbocycles. The van der Waals surface area contributed by atoms with Crippen LogP contribution in [-0.4, -0.2) is 25.4 Å². The molecular weight excluding hydrogens is 388 g/mol.